The molecule has 0 atom stereocenters. The van der Waals surface area contributed by atoms with Gasteiger partial charge in [-0.15, -0.1) is 0 Å². The fourth-order valence-electron chi connectivity index (χ4n) is 2.41. The predicted octanol–water partition coefficient (Wildman–Crippen LogP) is 4.21. The van der Waals surface area contributed by atoms with E-state index in [2.05, 4.69) is 16.0 Å². The fourth-order valence-corrected chi connectivity index (χ4v) is 3.46. The molecule has 0 amide bonds. The van der Waals surface area contributed by atoms with E-state index in [1.54, 1.807) is 44.2 Å². The summed E-state index contributed by atoms with van der Waals surface area (Å²) in [6.07, 6.45) is 0. The normalized spacial score (nSPS) is 11.3. The Balaban J connectivity index is 2.20. The van der Waals surface area contributed by atoms with Gasteiger partial charge in [0.25, 0.3) is 0 Å². The Bertz CT molecular complexity index is 985. The molecule has 0 saturated heterocycles. The van der Waals surface area contributed by atoms with Crippen LogP contribution in [0.5, 0.6) is 0 Å². The molecule has 0 aliphatic heterocycles. The molecular formula is C18H15ClN4OS. The number of hydrogen-bond acceptors (Lipinski definition) is 6. The van der Waals surface area contributed by atoms with Crippen LogP contribution in [-0.4, -0.2) is 15.1 Å². The molecule has 126 valence electrons. The molecule has 0 bridgehead atoms. The number of rotatable bonds is 3. The summed E-state index contributed by atoms with van der Waals surface area (Å²) in [5.74, 6) is 0. The number of pyridine rings is 1. The molecule has 1 aromatic carbocycles. The van der Waals surface area contributed by atoms with Crippen molar-refractivity contribution in [3.8, 4) is 27.8 Å². The Hall–Kier alpha value is -2.46. The summed E-state index contributed by atoms with van der Waals surface area (Å²) in [7, 11) is 0. The molecule has 7 heteroatoms. The third-order valence-electron chi connectivity index (χ3n) is 3.59. The van der Waals surface area contributed by atoms with Crippen LogP contribution >= 0.6 is 22.9 Å². The number of aromatic nitrogens is 2. The van der Waals surface area contributed by atoms with Crippen molar-refractivity contribution in [3.05, 3.63) is 52.8 Å². The number of halogens is 1. The quantitative estimate of drug-likeness (QED) is 0.673. The number of nitrogens with two attached hydrogens (primary N) is 1. The number of anilines is 1. The minimum Gasteiger partial charge on any atom is -0.384 e. The van der Waals surface area contributed by atoms with E-state index in [9.17, 15) is 5.11 Å². The second-order valence-electron chi connectivity index (χ2n) is 6.05. The molecule has 0 saturated carbocycles. The Morgan fingerprint density at radius 2 is 1.96 bits per heavy atom. The van der Waals surface area contributed by atoms with Gasteiger partial charge in [-0.25, -0.2) is 9.97 Å². The van der Waals surface area contributed by atoms with Crippen molar-refractivity contribution in [2.45, 2.75) is 19.4 Å². The van der Waals surface area contributed by atoms with Gasteiger partial charge in [-0.05, 0) is 43.7 Å². The lowest BCUT2D eigenvalue weighted by Crippen LogP contribution is -2.17. The van der Waals surface area contributed by atoms with Gasteiger partial charge >= 0.3 is 0 Å². The summed E-state index contributed by atoms with van der Waals surface area (Å²) < 4.78 is 0. The second-order valence-corrected chi connectivity index (χ2v) is 7.46. The number of aliphatic hydroxyl groups is 1. The third-order valence-corrected chi connectivity index (χ3v) is 4.72. The molecule has 2 heterocycles. The maximum absolute atomic E-state index is 10.3. The zero-order valence-corrected chi connectivity index (χ0v) is 15.2. The van der Waals surface area contributed by atoms with E-state index in [4.69, 9.17) is 22.6 Å². The number of thiazole rings is 1. The Morgan fingerprint density at radius 1 is 1.20 bits per heavy atom. The van der Waals surface area contributed by atoms with Crippen molar-refractivity contribution in [2.24, 2.45) is 0 Å². The van der Waals surface area contributed by atoms with E-state index in [1.807, 2.05) is 6.07 Å². The Labute approximate surface area is 154 Å². The average Bonchev–Trinajstić information content (AvgIpc) is 2.95. The van der Waals surface area contributed by atoms with Crippen LogP contribution < -0.4 is 5.73 Å². The molecule has 3 N–H and O–H groups in total. The van der Waals surface area contributed by atoms with Gasteiger partial charge in [0.2, 0.25) is 0 Å². The highest BCUT2D eigenvalue weighted by molar-refractivity contribution is 7.19. The van der Waals surface area contributed by atoms with E-state index in [0.717, 1.165) is 16.0 Å². The zero-order valence-electron chi connectivity index (χ0n) is 13.6. The highest BCUT2D eigenvalue weighted by Gasteiger charge is 2.22. The Kier molecular flexibility index (Phi) is 4.48. The number of nitriles is 1. The summed E-state index contributed by atoms with van der Waals surface area (Å²) in [4.78, 5) is 9.42. The summed E-state index contributed by atoms with van der Waals surface area (Å²) in [5.41, 5.74) is 8.03. The van der Waals surface area contributed by atoms with Crippen LogP contribution in [0.2, 0.25) is 5.15 Å². The maximum Gasteiger partial charge on any atom is 0.181 e. The van der Waals surface area contributed by atoms with Crippen LogP contribution in [0.1, 0.15) is 25.1 Å². The maximum atomic E-state index is 10.3. The highest BCUT2D eigenvalue weighted by atomic mass is 35.5. The summed E-state index contributed by atoms with van der Waals surface area (Å²) in [5, 5.41) is 20.1. The largest absolute Gasteiger partial charge is 0.384 e. The number of hydrogen-bond donors (Lipinski definition) is 2. The van der Waals surface area contributed by atoms with Crippen LogP contribution in [0, 0.1) is 11.3 Å². The molecule has 0 aliphatic carbocycles. The first-order valence-electron chi connectivity index (χ1n) is 7.45. The zero-order chi connectivity index (χ0) is 18.2. The van der Waals surface area contributed by atoms with Gasteiger partial charge in [0.05, 0.1) is 27.9 Å². The lowest BCUT2D eigenvalue weighted by atomic mass is 10.0. The predicted molar refractivity (Wildman–Crippen MR) is 100 cm³/mol. The van der Waals surface area contributed by atoms with E-state index in [0.29, 0.717) is 22.1 Å². The molecule has 0 unspecified atom stereocenters. The average molecular weight is 371 g/mol. The molecule has 25 heavy (non-hydrogen) atoms. The number of benzene rings is 1. The van der Waals surface area contributed by atoms with Gasteiger partial charge in [0.15, 0.2) is 5.13 Å². The monoisotopic (exact) mass is 370 g/mol. The topological polar surface area (TPSA) is 95.8 Å². The van der Waals surface area contributed by atoms with Gasteiger partial charge in [0.1, 0.15) is 10.8 Å². The van der Waals surface area contributed by atoms with Crippen molar-refractivity contribution in [3.63, 3.8) is 0 Å². The van der Waals surface area contributed by atoms with E-state index in [-0.39, 0.29) is 5.15 Å². The first kappa shape index (κ1) is 17.4. The van der Waals surface area contributed by atoms with Gasteiger partial charge in [-0.3, -0.25) is 0 Å². The lowest BCUT2D eigenvalue weighted by molar-refractivity contribution is 0.0739. The van der Waals surface area contributed by atoms with Gasteiger partial charge in [-0.1, -0.05) is 35.1 Å². The summed E-state index contributed by atoms with van der Waals surface area (Å²) >= 11 is 7.47. The molecule has 3 aromatic rings. The van der Waals surface area contributed by atoms with E-state index >= 15 is 0 Å². The van der Waals surface area contributed by atoms with Crippen LogP contribution in [0.4, 0.5) is 5.13 Å². The van der Waals surface area contributed by atoms with Crippen molar-refractivity contribution >= 4 is 28.1 Å². The molecule has 0 fully saturated rings. The number of nitrogens with zero attached hydrogens (tertiary/aromatic N) is 3. The van der Waals surface area contributed by atoms with Crippen molar-refractivity contribution in [1.82, 2.24) is 9.97 Å². The van der Waals surface area contributed by atoms with Gasteiger partial charge in [0, 0.05) is 5.56 Å². The first-order valence-corrected chi connectivity index (χ1v) is 8.65. The lowest BCUT2D eigenvalue weighted by Gasteiger charge is -2.17. The fraction of sp³-hybridized carbons (Fsp3) is 0.167. The third kappa shape index (κ3) is 3.64. The minimum absolute atomic E-state index is 0.276. The smallest absolute Gasteiger partial charge is 0.181 e. The van der Waals surface area contributed by atoms with Gasteiger partial charge in [-0.2, -0.15) is 5.26 Å². The summed E-state index contributed by atoms with van der Waals surface area (Å²) in [6, 6.07) is 12.8. The van der Waals surface area contributed by atoms with E-state index in [1.165, 1.54) is 11.3 Å². The second kappa shape index (κ2) is 6.45. The number of nitrogen functional groups attached to an aromatic ring is 1. The molecule has 0 radical (unpaired) electrons. The first-order chi connectivity index (χ1) is 11.8. The highest BCUT2D eigenvalue weighted by Crippen LogP contribution is 2.39. The van der Waals surface area contributed by atoms with E-state index < -0.39 is 5.60 Å². The molecule has 0 spiro atoms. The SMILES string of the molecule is CC(C)(O)c1cc(-c2sc(N)nc2-c2cccc(C#N)c2)cc(Cl)n1. The van der Waals surface area contributed by atoms with Crippen molar-refractivity contribution in [2.75, 3.05) is 5.73 Å². The molecule has 3 rings (SSSR count). The minimum atomic E-state index is -1.13. The van der Waals surface area contributed by atoms with Crippen LogP contribution in [-0.2, 0) is 5.60 Å². The summed E-state index contributed by atoms with van der Waals surface area (Å²) in [6.45, 7) is 3.29. The van der Waals surface area contributed by atoms with Crippen LogP contribution in [0.15, 0.2) is 36.4 Å². The van der Waals surface area contributed by atoms with Gasteiger partial charge < -0.3 is 10.8 Å². The Morgan fingerprint density at radius 3 is 2.64 bits per heavy atom. The molecular weight excluding hydrogens is 356 g/mol. The van der Waals surface area contributed by atoms with Crippen LogP contribution in [0.3, 0.4) is 0 Å². The van der Waals surface area contributed by atoms with Crippen molar-refractivity contribution in [1.29, 1.82) is 5.26 Å². The molecule has 5 nitrogen and oxygen atoms in total. The van der Waals surface area contributed by atoms with Crippen molar-refractivity contribution < 1.29 is 5.11 Å². The molecule has 2 aromatic heterocycles. The van der Waals surface area contributed by atoms with Crippen LogP contribution in [0.25, 0.3) is 21.7 Å². The molecule has 0 aliphatic rings. The standard InChI is InChI=1S/C18H15ClN4OS/c1-18(2,24)13-7-12(8-14(19)22-13)16-15(23-17(21)25-16)11-5-3-4-10(6-11)9-20/h3-8,24H,1-2H3,(H2,21,23).